The van der Waals surface area contributed by atoms with Gasteiger partial charge in [-0.15, -0.1) is 35.7 Å². The summed E-state index contributed by atoms with van der Waals surface area (Å²) in [6.07, 6.45) is 2.88. The Morgan fingerprint density at radius 3 is 2.59 bits per heavy atom. The van der Waals surface area contributed by atoms with Crippen LogP contribution >= 0.6 is 35.7 Å². The molecule has 6 nitrogen and oxygen atoms in total. The minimum Gasteiger partial charge on any atom is -0.357 e. The molecule has 32 heavy (non-hydrogen) atoms. The SMILES string of the molecule is CCNC(=NCc1ccnc(N2CCN(C)CC2)c1)NCCCSc1ccc(F)cc1.I. The van der Waals surface area contributed by atoms with E-state index in [0.29, 0.717) is 6.54 Å². The molecule has 0 radical (unpaired) electrons. The molecular formula is C23H34FIN6S. The number of guanidine groups is 1. The summed E-state index contributed by atoms with van der Waals surface area (Å²) in [5.41, 5.74) is 1.16. The fourth-order valence-corrected chi connectivity index (χ4v) is 4.13. The van der Waals surface area contributed by atoms with Crippen LogP contribution < -0.4 is 15.5 Å². The van der Waals surface area contributed by atoms with Crippen LogP contribution in [0.1, 0.15) is 18.9 Å². The molecule has 2 aromatic rings. The van der Waals surface area contributed by atoms with Crippen molar-refractivity contribution in [2.24, 2.45) is 4.99 Å². The maximum absolute atomic E-state index is 13.0. The van der Waals surface area contributed by atoms with Crippen molar-refractivity contribution in [3.63, 3.8) is 0 Å². The molecule has 0 atom stereocenters. The number of nitrogens with one attached hydrogen (secondary N) is 2. The minimum atomic E-state index is -0.192. The van der Waals surface area contributed by atoms with Gasteiger partial charge >= 0.3 is 0 Å². The Bertz CT molecular complexity index is 827. The third-order valence-electron chi connectivity index (χ3n) is 5.10. The molecule has 1 aromatic carbocycles. The Hall–Kier alpha value is -1.59. The number of rotatable bonds is 9. The van der Waals surface area contributed by atoms with Crippen LogP contribution in [-0.2, 0) is 6.54 Å². The lowest BCUT2D eigenvalue weighted by atomic mass is 10.2. The van der Waals surface area contributed by atoms with Gasteiger partial charge in [-0.2, -0.15) is 0 Å². The number of aromatic nitrogens is 1. The minimum absolute atomic E-state index is 0. The van der Waals surface area contributed by atoms with Crippen LogP contribution in [-0.4, -0.2) is 67.9 Å². The number of nitrogens with zero attached hydrogens (tertiary/aromatic N) is 4. The Kier molecular flexibility index (Phi) is 12.1. The summed E-state index contributed by atoms with van der Waals surface area (Å²) in [6, 6.07) is 10.8. The second-order valence-electron chi connectivity index (χ2n) is 7.59. The Morgan fingerprint density at radius 1 is 1.12 bits per heavy atom. The lowest BCUT2D eigenvalue weighted by Crippen LogP contribution is -2.44. The van der Waals surface area contributed by atoms with Crippen molar-refractivity contribution in [3.05, 3.63) is 54.0 Å². The molecule has 1 aromatic heterocycles. The number of thioether (sulfide) groups is 1. The van der Waals surface area contributed by atoms with Crippen molar-refractivity contribution in [2.75, 3.05) is 57.0 Å². The zero-order valence-electron chi connectivity index (χ0n) is 18.9. The summed E-state index contributed by atoms with van der Waals surface area (Å²) in [6.45, 7) is 8.49. The average Bonchev–Trinajstić information content (AvgIpc) is 2.79. The third-order valence-corrected chi connectivity index (χ3v) is 6.20. The Labute approximate surface area is 212 Å². The molecule has 1 aliphatic heterocycles. The summed E-state index contributed by atoms with van der Waals surface area (Å²) in [5, 5.41) is 6.71. The highest BCUT2D eigenvalue weighted by Crippen LogP contribution is 2.18. The number of benzene rings is 1. The van der Waals surface area contributed by atoms with Crippen molar-refractivity contribution < 1.29 is 4.39 Å². The molecule has 9 heteroatoms. The van der Waals surface area contributed by atoms with Gasteiger partial charge in [-0.1, -0.05) is 0 Å². The molecule has 0 saturated carbocycles. The molecule has 0 amide bonds. The van der Waals surface area contributed by atoms with Crippen molar-refractivity contribution >= 4 is 47.5 Å². The molecule has 0 bridgehead atoms. The number of hydrogen-bond acceptors (Lipinski definition) is 5. The molecule has 1 aliphatic rings. The zero-order chi connectivity index (χ0) is 21.9. The highest BCUT2D eigenvalue weighted by Gasteiger charge is 2.15. The summed E-state index contributed by atoms with van der Waals surface area (Å²) < 4.78 is 13.0. The van der Waals surface area contributed by atoms with Gasteiger partial charge in [0.05, 0.1) is 6.54 Å². The normalized spacial score (nSPS) is 14.7. The van der Waals surface area contributed by atoms with Gasteiger partial charge in [-0.05, 0) is 68.1 Å². The van der Waals surface area contributed by atoms with E-state index in [1.54, 1.807) is 11.8 Å². The standard InChI is InChI=1S/C23H33FN6S.HI/c1-3-25-23(27-10-4-16-31-21-7-5-20(24)6-8-21)28-18-19-9-11-26-22(17-19)30-14-12-29(2)13-15-30;/h5-9,11,17H,3-4,10,12-16,18H2,1-2H3,(H2,25,27,28);1H. The Balaban J connectivity index is 0.00000363. The van der Waals surface area contributed by atoms with Crippen LogP contribution in [0.4, 0.5) is 10.2 Å². The number of pyridine rings is 1. The number of halogens is 2. The first-order valence-electron chi connectivity index (χ1n) is 10.9. The fourth-order valence-electron chi connectivity index (χ4n) is 3.28. The summed E-state index contributed by atoms with van der Waals surface area (Å²) >= 11 is 1.74. The molecule has 0 spiro atoms. The first kappa shape index (κ1) is 26.7. The van der Waals surface area contributed by atoms with Crippen LogP contribution in [0, 0.1) is 5.82 Å². The predicted molar refractivity (Wildman–Crippen MR) is 144 cm³/mol. The van der Waals surface area contributed by atoms with Crippen molar-refractivity contribution in [3.8, 4) is 0 Å². The van der Waals surface area contributed by atoms with E-state index in [4.69, 9.17) is 4.99 Å². The first-order chi connectivity index (χ1) is 15.1. The summed E-state index contributed by atoms with van der Waals surface area (Å²) in [7, 11) is 2.16. The monoisotopic (exact) mass is 572 g/mol. The lowest BCUT2D eigenvalue weighted by molar-refractivity contribution is 0.312. The maximum Gasteiger partial charge on any atom is 0.191 e. The average molecular weight is 573 g/mol. The third kappa shape index (κ3) is 9.11. The van der Waals surface area contributed by atoms with Gasteiger partial charge in [-0.25, -0.2) is 14.4 Å². The van der Waals surface area contributed by atoms with Gasteiger partial charge in [-0.3, -0.25) is 0 Å². The summed E-state index contributed by atoms with van der Waals surface area (Å²) in [4.78, 5) is 15.1. The fraction of sp³-hybridized carbons (Fsp3) is 0.478. The largest absolute Gasteiger partial charge is 0.357 e. The summed E-state index contributed by atoms with van der Waals surface area (Å²) in [5.74, 6) is 2.64. The van der Waals surface area contributed by atoms with Gasteiger partial charge in [0.25, 0.3) is 0 Å². The van der Waals surface area contributed by atoms with Crippen molar-refractivity contribution in [1.29, 1.82) is 0 Å². The maximum atomic E-state index is 13.0. The van der Waals surface area contributed by atoms with Gasteiger partial charge < -0.3 is 20.4 Å². The molecule has 2 heterocycles. The van der Waals surface area contributed by atoms with Crippen molar-refractivity contribution in [1.82, 2.24) is 20.5 Å². The van der Waals surface area contributed by atoms with Crippen LogP contribution in [0.5, 0.6) is 0 Å². The predicted octanol–water partition coefficient (Wildman–Crippen LogP) is 3.83. The molecular weight excluding hydrogens is 538 g/mol. The number of likely N-dealkylation sites (N-methyl/N-ethyl adjacent to an activating group) is 1. The van der Waals surface area contributed by atoms with Crippen LogP contribution in [0.3, 0.4) is 0 Å². The highest BCUT2D eigenvalue weighted by molar-refractivity contribution is 14.0. The van der Waals surface area contributed by atoms with E-state index in [1.165, 1.54) is 12.1 Å². The number of aliphatic imine (C=N–C) groups is 1. The van der Waals surface area contributed by atoms with Crippen LogP contribution in [0.15, 0.2) is 52.5 Å². The van der Waals surface area contributed by atoms with E-state index < -0.39 is 0 Å². The molecule has 176 valence electrons. The molecule has 3 rings (SSSR count). The smallest absolute Gasteiger partial charge is 0.191 e. The Morgan fingerprint density at radius 2 is 1.88 bits per heavy atom. The van der Waals surface area contributed by atoms with Crippen molar-refractivity contribution in [2.45, 2.75) is 24.8 Å². The molecule has 1 fully saturated rings. The van der Waals surface area contributed by atoms with E-state index in [-0.39, 0.29) is 29.8 Å². The molecule has 0 aliphatic carbocycles. The van der Waals surface area contributed by atoms with Crippen LogP contribution in [0.25, 0.3) is 0 Å². The lowest BCUT2D eigenvalue weighted by Gasteiger charge is -2.33. The zero-order valence-corrected chi connectivity index (χ0v) is 22.0. The van der Waals surface area contributed by atoms with E-state index in [1.807, 2.05) is 24.4 Å². The molecule has 1 saturated heterocycles. The van der Waals surface area contributed by atoms with Crippen LogP contribution in [0.2, 0.25) is 0 Å². The quantitative estimate of drug-likeness (QED) is 0.157. The number of piperazine rings is 1. The second kappa shape index (κ2) is 14.5. The molecule has 2 N–H and O–H groups in total. The topological polar surface area (TPSA) is 55.8 Å². The number of anilines is 1. The number of hydrogen-bond donors (Lipinski definition) is 2. The van der Waals surface area contributed by atoms with Gasteiger partial charge in [0.1, 0.15) is 11.6 Å². The first-order valence-corrected chi connectivity index (χ1v) is 11.9. The van der Waals surface area contributed by atoms with E-state index in [9.17, 15) is 4.39 Å². The molecule has 0 unspecified atom stereocenters. The highest BCUT2D eigenvalue weighted by atomic mass is 127. The van der Waals surface area contributed by atoms with Gasteiger partial charge in [0.15, 0.2) is 5.96 Å². The van der Waals surface area contributed by atoms with Gasteiger partial charge in [0.2, 0.25) is 0 Å². The second-order valence-corrected chi connectivity index (χ2v) is 8.76. The van der Waals surface area contributed by atoms with E-state index in [0.717, 1.165) is 73.7 Å². The van der Waals surface area contributed by atoms with Gasteiger partial charge in [0, 0.05) is 50.4 Å². The van der Waals surface area contributed by atoms with E-state index >= 15 is 0 Å². The van der Waals surface area contributed by atoms with E-state index in [2.05, 4.69) is 45.5 Å².